The van der Waals surface area contributed by atoms with Gasteiger partial charge in [-0.1, -0.05) is 6.58 Å². The Labute approximate surface area is 67.7 Å². The lowest BCUT2D eigenvalue weighted by atomic mass is 10.1. The molecule has 0 aliphatic heterocycles. The van der Waals surface area contributed by atoms with Crippen LogP contribution in [0.25, 0.3) is 0 Å². The molecule has 12 heavy (non-hydrogen) atoms. The van der Waals surface area contributed by atoms with Crippen LogP contribution in [0, 0.1) is 0 Å². The SMILES string of the molecule is C=C(CCCC(F)(F)F)C(=O)O. The van der Waals surface area contributed by atoms with Crippen molar-refractivity contribution in [1.29, 1.82) is 0 Å². The van der Waals surface area contributed by atoms with Gasteiger partial charge in [-0.15, -0.1) is 0 Å². The van der Waals surface area contributed by atoms with Crippen molar-refractivity contribution < 1.29 is 23.1 Å². The van der Waals surface area contributed by atoms with Crippen molar-refractivity contribution in [2.45, 2.75) is 25.4 Å². The number of rotatable bonds is 4. The van der Waals surface area contributed by atoms with E-state index < -0.39 is 18.6 Å². The topological polar surface area (TPSA) is 37.3 Å². The van der Waals surface area contributed by atoms with E-state index >= 15 is 0 Å². The van der Waals surface area contributed by atoms with Gasteiger partial charge in [0.25, 0.3) is 0 Å². The quantitative estimate of drug-likeness (QED) is 0.677. The van der Waals surface area contributed by atoms with E-state index in [1.54, 1.807) is 0 Å². The highest BCUT2D eigenvalue weighted by molar-refractivity contribution is 5.85. The first-order chi connectivity index (χ1) is 5.33. The van der Waals surface area contributed by atoms with Gasteiger partial charge >= 0.3 is 12.1 Å². The van der Waals surface area contributed by atoms with Gasteiger partial charge in [0.15, 0.2) is 0 Å². The van der Waals surface area contributed by atoms with Crippen LogP contribution < -0.4 is 0 Å². The van der Waals surface area contributed by atoms with E-state index in [-0.39, 0.29) is 18.4 Å². The summed E-state index contributed by atoms with van der Waals surface area (Å²) < 4.78 is 34.6. The van der Waals surface area contributed by atoms with Crippen LogP contribution in [0.2, 0.25) is 0 Å². The third-order valence-electron chi connectivity index (χ3n) is 1.24. The first-order valence-corrected chi connectivity index (χ1v) is 3.31. The third kappa shape index (κ3) is 5.76. The number of carbonyl (C=O) groups is 1. The summed E-state index contributed by atoms with van der Waals surface area (Å²) >= 11 is 0. The molecule has 0 atom stereocenters. The first-order valence-electron chi connectivity index (χ1n) is 3.31. The van der Waals surface area contributed by atoms with Crippen molar-refractivity contribution in [2.24, 2.45) is 0 Å². The maximum Gasteiger partial charge on any atom is 0.389 e. The van der Waals surface area contributed by atoms with Gasteiger partial charge in [-0.2, -0.15) is 13.2 Å². The van der Waals surface area contributed by atoms with E-state index in [9.17, 15) is 18.0 Å². The minimum absolute atomic E-state index is 0.116. The Morgan fingerprint density at radius 3 is 2.25 bits per heavy atom. The fourth-order valence-electron chi connectivity index (χ4n) is 0.609. The van der Waals surface area contributed by atoms with Gasteiger partial charge in [0.05, 0.1) is 0 Å². The van der Waals surface area contributed by atoms with Gasteiger partial charge in [0.2, 0.25) is 0 Å². The van der Waals surface area contributed by atoms with Crippen LogP contribution in [0.15, 0.2) is 12.2 Å². The summed E-state index contributed by atoms with van der Waals surface area (Å²) in [5, 5.41) is 8.23. The van der Waals surface area contributed by atoms with Crippen LogP contribution in [0.1, 0.15) is 19.3 Å². The number of halogens is 3. The average Bonchev–Trinajstić information content (AvgIpc) is 1.84. The largest absolute Gasteiger partial charge is 0.478 e. The predicted molar refractivity (Wildman–Crippen MR) is 36.7 cm³/mol. The summed E-state index contributed by atoms with van der Waals surface area (Å²) in [6, 6.07) is 0. The molecule has 0 heterocycles. The molecular weight excluding hydrogens is 173 g/mol. The lowest BCUT2D eigenvalue weighted by molar-refractivity contribution is -0.137. The standard InChI is InChI=1S/C7H9F3O2/c1-5(6(11)12)3-2-4-7(8,9)10/h1-4H2,(H,11,12). The molecule has 0 saturated heterocycles. The van der Waals surface area contributed by atoms with Crippen molar-refractivity contribution in [3.8, 4) is 0 Å². The normalized spacial score (nSPS) is 11.2. The zero-order chi connectivity index (χ0) is 9.78. The van der Waals surface area contributed by atoms with E-state index in [4.69, 9.17) is 5.11 Å². The number of hydrogen-bond acceptors (Lipinski definition) is 1. The maximum atomic E-state index is 11.5. The summed E-state index contributed by atoms with van der Waals surface area (Å²) in [6.45, 7) is 3.11. The monoisotopic (exact) mass is 182 g/mol. The maximum absolute atomic E-state index is 11.5. The second-order valence-electron chi connectivity index (χ2n) is 2.38. The van der Waals surface area contributed by atoms with Crippen LogP contribution in [0.5, 0.6) is 0 Å². The Morgan fingerprint density at radius 1 is 1.42 bits per heavy atom. The molecule has 0 aromatic heterocycles. The number of carboxylic acid groups (broad SMARTS) is 1. The Kier molecular flexibility index (Phi) is 3.79. The van der Waals surface area contributed by atoms with Crippen molar-refractivity contribution in [3.63, 3.8) is 0 Å². The fourth-order valence-corrected chi connectivity index (χ4v) is 0.609. The van der Waals surface area contributed by atoms with Crippen molar-refractivity contribution in [2.75, 3.05) is 0 Å². The van der Waals surface area contributed by atoms with Crippen molar-refractivity contribution in [3.05, 3.63) is 12.2 Å². The molecule has 0 fully saturated rings. The summed E-state index contributed by atoms with van der Waals surface area (Å²) in [5.41, 5.74) is -0.181. The van der Waals surface area contributed by atoms with Crippen LogP contribution in [-0.2, 0) is 4.79 Å². The zero-order valence-electron chi connectivity index (χ0n) is 6.32. The van der Waals surface area contributed by atoms with Gasteiger partial charge in [0, 0.05) is 12.0 Å². The fraction of sp³-hybridized carbons (Fsp3) is 0.571. The van der Waals surface area contributed by atoms with Gasteiger partial charge in [0.1, 0.15) is 0 Å². The highest BCUT2D eigenvalue weighted by atomic mass is 19.4. The molecule has 0 radical (unpaired) electrons. The number of alkyl halides is 3. The molecule has 0 aromatic carbocycles. The molecule has 0 saturated carbocycles. The Bertz CT molecular complexity index is 184. The predicted octanol–water partition coefficient (Wildman–Crippen LogP) is 2.36. The highest BCUT2D eigenvalue weighted by Crippen LogP contribution is 2.23. The van der Waals surface area contributed by atoms with E-state index in [1.807, 2.05) is 0 Å². The molecule has 0 rings (SSSR count). The molecule has 0 spiro atoms. The van der Waals surface area contributed by atoms with E-state index in [0.29, 0.717) is 0 Å². The lowest BCUT2D eigenvalue weighted by Crippen LogP contribution is -2.07. The molecule has 0 aliphatic carbocycles. The van der Waals surface area contributed by atoms with Gasteiger partial charge in [-0.05, 0) is 12.8 Å². The van der Waals surface area contributed by atoms with Gasteiger partial charge in [-0.25, -0.2) is 4.79 Å². The first kappa shape index (κ1) is 11.0. The van der Waals surface area contributed by atoms with Crippen LogP contribution >= 0.6 is 0 Å². The number of hydrogen-bond donors (Lipinski definition) is 1. The van der Waals surface area contributed by atoms with E-state index in [2.05, 4.69) is 6.58 Å². The van der Waals surface area contributed by atoms with Crippen LogP contribution in [-0.4, -0.2) is 17.3 Å². The van der Waals surface area contributed by atoms with Crippen LogP contribution in [0.4, 0.5) is 13.2 Å². The Balaban J connectivity index is 3.58. The van der Waals surface area contributed by atoms with Gasteiger partial charge < -0.3 is 5.11 Å². The molecule has 2 nitrogen and oxygen atoms in total. The van der Waals surface area contributed by atoms with E-state index in [1.165, 1.54) is 0 Å². The third-order valence-corrected chi connectivity index (χ3v) is 1.24. The minimum Gasteiger partial charge on any atom is -0.478 e. The van der Waals surface area contributed by atoms with Crippen molar-refractivity contribution >= 4 is 5.97 Å². The zero-order valence-corrected chi connectivity index (χ0v) is 6.32. The average molecular weight is 182 g/mol. The summed E-state index contributed by atoms with van der Waals surface area (Å²) in [7, 11) is 0. The van der Waals surface area contributed by atoms with E-state index in [0.717, 1.165) is 0 Å². The molecular formula is C7H9F3O2. The Morgan fingerprint density at radius 2 is 1.92 bits per heavy atom. The van der Waals surface area contributed by atoms with Crippen LogP contribution in [0.3, 0.4) is 0 Å². The number of aliphatic carboxylic acids is 1. The molecule has 0 bridgehead atoms. The summed E-state index contributed by atoms with van der Waals surface area (Å²) in [4.78, 5) is 10.1. The molecule has 0 aliphatic rings. The molecule has 5 heteroatoms. The molecule has 70 valence electrons. The second-order valence-corrected chi connectivity index (χ2v) is 2.38. The molecule has 0 aromatic rings. The van der Waals surface area contributed by atoms with Crippen molar-refractivity contribution in [1.82, 2.24) is 0 Å². The Hall–Kier alpha value is -1.00. The van der Waals surface area contributed by atoms with Gasteiger partial charge in [-0.3, -0.25) is 0 Å². The molecule has 1 N–H and O–H groups in total. The molecule has 0 unspecified atom stereocenters. The summed E-state index contributed by atoms with van der Waals surface area (Å²) in [6.07, 6.45) is -5.50. The second kappa shape index (κ2) is 4.13. The summed E-state index contributed by atoms with van der Waals surface area (Å²) in [5.74, 6) is -1.24. The lowest BCUT2D eigenvalue weighted by Gasteiger charge is -2.04. The minimum atomic E-state index is -4.21. The number of carboxylic acids is 1. The smallest absolute Gasteiger partial charge is 0.389 e. The highest BCUT2D eigenvalue weighted by Gasteiger charge is 2.26. The molecule has 0 amide bonds.